The minimum Gasteiger partial charge on any atom is -0.370 e. The Morgan fingerprint density at radius 1 is 1.44 bits per heavy atom. The summed E-state index contributed by atoms with van der Waals surface area (Å²) in [5.41, 5.74) is 5.21. The maximum absolute atomic E-state index is 10.8. The van der Waals surface area contributed by atoms with Crippen molar-refractivity contribution in [3.8, 4) is 0 Å². The Kier molecular flexibility index (Phi) is 5.77. The van der Waals surface area contributed by atoms with Crippen LogP contribution >= 0.6 is 0 Å². The number of rotatable bonds is 6. The molecule has 1 aliphatic rings. The van der Waals surface area contributed by atoms with Crippen molar-refractivity contribution in [2.75, 3.05) is 26.2 Å². The van der Waals surface area contributed by atoms with Gasteiger partial charge in [0.15, 0.2) is 0 Å². The van der Waals surface area contributed by atoms with E-state index < -0.39 is 0 Å². The summed E-state index contributed by atoms with van der Waals surface area (Å²) in [6.45, 7) is 8.72. The number of carbonyl (C=O) groups excluding carboxylic acids is 1. The molecule has 0 atom stereocenters. The fraction of sp³-hybridized carbons (Fsp3) is 0.917. The summed E-state index contributed by atoms with van der Waals surface area (Å²) in [6.07, 6.45) is 2.80. The number of piperidine rings is 1. The van der Waals surface area contributed by atoms with Crippen LogP contribution in [-0.2, 0) is 4.79 Å². The Bertz CT molecular complexity index is 210. The number of nitrogens with two attached hydrogens (primary N) is 1. The number of primary amides is 1. The van der Waals surface area contributed by atoms with Gasteiger partial charge in [0.2, 0.25) is 5.91 Å². The molecule has 3 N–H and O–H groups in total. The molecule has 0 aromatic heterocycles. The van der Waals surface area contributed by atoms with Crippen LogP contribution in [0.1, 0.15) is 33.1 Å². The van der Waals surface area contributed by atoms with Crippen molar-refractivity contribution in [3.05, 3.63) is 0 Å². The van der Waals surface area contributed by atoms with E-state index >= 15 is 0 Å². The van der Waals surface area contributed by atoms with E-state index in [1.165, 1.54) is 0 Å². The number of hydrogen-bond donors (Lipinski definition) is 2. The van der Waals surface area contributed by atoms with Gasteiger partial charge in [0.25, 0.3) is 0 Å². The smallest absolute Gasteiger partial charge is 0.217 e. The average molecular weight is 227 g/mol. The van der Waals surface area contributed by atoms with Gasteiger partial charge >= 0.3 is 0 Å². The predicted molar refractivity (Wildman–Crippen MR) is 66.1 cm³/mol. The molecule has 0 spiro atoms. The lowest BCUT2D eigenvalue weighted by molar-refractivity contribution is -0.119. The van der Waals surface area contributed by atoms with E-state index in [1.54, 1.807) is 0 Å². The monoisotopic (exact) mass is 227 g/mol. The largest absolute Gasteiger partial charge is 0.370 e. The molecule has 0 aliphatic carbocycles. The van der Waals surface area contributed by atoms with Gasteiger partial charge in [-0.25, -0.2) is 0 Å². The van der Waals surface area contributed by atoms with E-state index in [-0.39, 0.29) is 5.91 Å². The van der Waals surface area contributed by atoms with Crippen LogP contribution < -0.4 is 11.1 Å². The second-order valence-electron chi connectivity index (χ2n) is 5.06. The molecule has 16 heavy (non-hydrogen) atoms. The lowest BCUT2D eigenvalue weighted by Gasteiger charge is -2.31. The molecule has 0 radical (unpaired) electrons. The predicted octanol–water partition coefficient (Wildman–Crippen LogP) is 0.572. The van der Waals surface area contributed by atoms with Crippen molar-refractivity contribution >= 4 is 5.91 Å². The van der Waals surface area contributed by atoms with Crippen LogP contribution in [0.25, 0.3) is 0 Å². The van der Waals surface area contributed by atoms with Crippen molar-refractivity contribution in [2.45, 2.75) is 39.2 Å². The Morgan fingerprint density at radius 3 is 2.56 bits per heavy atom. The zero-order valence-corrected chi connectivity index (χ0v) is 10.5. The van der Waals surface area contributed by atoms with E-state index in [0.29, 0.717) is 18.4 Å². The normalized spacial score (nSPS) is 19.2. The molecule has 1 amide bonds. The highest BCUT2D eigenvalue weighted by Crippen LogP contribution is 2.19. The van der Waals surface area contributed by atoms with Gasteiger partial charge in [-0.3, -0.25) is 4.79 Å². The summed E-state index contributed by atoms with van der Waals surface area (Å²) in [7, 11) is 0. The molecule has 4 heteroatoms. The lowest BCUT2D eigenvalue weighted by atomic mass is 9.93. The van der Waals surface area contributed by atoms with E-state index in [0.717, 1.165) is 39.0 Å². The quantitative estimate of drug-likeness (QED) is 0.697. The van der Waals surface area contributed by atoms with Crippen LogP contribution in [0.5, 0.6) is 0 Å². The van der Waals surface area contributed by atoms with Crippen LogP contribution in [0.15, 0.2) is 0 Å². The van der Waals surface area contributed by atoms with Gasteiger partial charge in [-0.15, -0.1) is 0 Å². The molecule has 1 rings (SSSR count). The molecule has 1 fully saturated rings. The SMILES string of the molecule is CC(C)NCCN1CCC(CC(N)=O)CC1. The van der Waals surface area contributed by atoms with Gasteiger partial charge in [0.05, 0.1) is 0 Å². The first-order valence-electron chi connectivity index (χ1n) is 6.32. The maximum Gasteiger partial charge on any atom is 0.217 e. The fourth-order valence-electron chi connectivity index (χ4n) is 2.21. The topological polar surface area (TPSA) is 58.4 Å². The summed E-state index contributed by atoms with van der Waals surface area (Å²) in [6, 6.07) is 0.562. The molecule has 1 aliphatic heterocycles. The van der Waals surface area contributed by atoms with Crippen molar-refractivity contribution in [2.24, 2.45) is 11.7 Å². The average Bonchev–Trinajstić information content (AvgIpc) is 2.19. The number of hydrogen-bond acceptors (Lipinski definition) is 3. The van der Waals surface area contributed by atoms with Crippen LogP contribution in [0.2, 0.25) is 0 Å². The molecular formula is C12H25N3O. The summed E-state index contributed by atoms with van der Waals surface area (Å²) in [4.78, 5) is 13.3. The standard InChI is InChI=1S/C12H25N3O/c1-10(2)14-5-8-15-6-3-11(4-7-15)9-12(13)16/h10-11,14H,3-9H2,1-2H3,(H2,13,16). The fourth-order valence-corrected chi connectivity index (χ4v) is 2.21. The van der Waals surface area contributed by atoms with Gasteiger partial charge in [0, 0.05) is 25.6 Å². The van der Waals surface area contributed by atoms with E-state index in [9.17, 15) is 4.79 Å². The Balaban J connectivity index is 2.10. The van der Waals surface area contributed by atoms with Crippen molar-refractivity contribution in [1.29, 1.82) is 0 Å². The Morgan fingerprint density at radius 2 is 2.06 bits per heavy atom. The first-order valence-corrected chi connectivity index (χ1v) is 6.32. The van der Waals surface area contributed by atoms with Gasteiger partial charge in [-0.05, 0) is 31.8 Å². The Hall–Kier alpha value is -0.610. The number of nitrogens with zero attached hydrogens (tertiary/aromatic N) is 1. The molecule has 0 bridgehead atoms. The summed E-state index contributed by atoms with van der Waals surface area (Å²) in [5, 5.41) is 3.42. The van der Waals surface area contributed by atoms with Crippen molar-refractivity contribution in [1.82, 2.24) is 10.2 Å². The molecule has 0 aromatic carbocycles. The van der Waals surface area contributed by atoms with Gasteiger partial charge in [-0.1, -0.05) is 13.8 Å². The van der Waals surface area contributed by atoms with Crippen LogP contribution in [0.4, 0.5) is 0 Å². The van der Waals surface area contributed by atoms with Crippen LogP contribution in [0, 0.1) is 5.92 Å². The third-order valence-corrected chi connectivity index (χ3v) is 3.18. The second-order valence-corrected chi connectivity index (χ2v) is 5.06. The Labute approximate surface area is 98.6 Å². The van der Waals surface area contributed by atoms with Gasteiger partial charge < -0.3 is 16.0 Å². The highest BCUT2D eigenvalue weighted by Gasteiger charge is 2.19. The first-order chi connectivity index (χ1) is 7.58. The van der Waals surface area contributed by atoms with Gasteiger partial charge in [0.1, 0.15) is 0 Å². The summed E-state index contributed by atoms with van der Waals surface area (Å²) in [5.74, 6) is 0.367. The summed E-state index contributed by atoms with van der Waals surface area (Å²) < 4.78 is 0. The minimum atomic E-state index is -0.153. The first kappa shape index (κ1) is 13.5. The molecular weight excluding hydrogens is 202 g/mol. The van der Waals surface area contributed by atoms with E-state index in [2.05, 4.69) is 24.1 Å². The van der Waals surface area contributed by atoms with Crippen LogP contribution in [0.3, 0.4) is 0 Å². The molecule has 1 saturated heterocycles. The highest BCUT2D eigenvalue weighted by molar-refractivity contribution is 5.73. The molecule has 0 aromatic rings. The van der Waals surface area contributed by atoms with Crippen molar-refractivity contribution < 1.29 is 4.79 Å². The zero-order valence-electron chi connectivity index (χ0n) is 10.5. The van der Waals surface area contributed by atoms with Gasteiger partial charge in [-0.2, -0.15) is 0 Å². The summed E-state index contributed by atoms with van der Waals surface area (Å²) >= 11 is 0. The molecule has 0 saturated carbocycles. The number of likely N-dealkylation sites (tertiary alicyclic amines) is 1. The number of carbonyl (C=O) groups is 1. The van der Waals surface area contributed by atoms with Crippen molar-refractivity contribution in [3.63, 3.8) is 0 Å². The third-order valence-electron chi connectivity index (χ3n) is 3.18. The lowest BCUT2D eigenvalue weighted by Crippen LogP contribution is -2.40. The highest BCUT2D eigenvalue weighted by atomic mass is 16.1. The minimum absolute atomic E-state index is 0.153. The van der Waals surface area contributed by atoms with E-state index in [4.69, 9.17) is 5.73 Å². The zero-order chi connectivity index (χ0) is 12.0. The molecule has 4 nitrogen and oxygen atoms in total. The molecule has 0 unspecified atom stereocenters. The van der Waals surface area contributed by atoms with Crippen LogP contribution in [-0.4, -0.2) is 43.0 Å². The number of amides is 1. The molecule has 94 valence electrons. The molecule has 1 heterocycles. The third kappa shape index (κ3) is 5.47. The maximum atomic E-state index is 10.8. The second kappa shape index (κ2) is 6.86. The number of nitrogens with one attached hydrogen (secondary N) is 1. The van der Waals surface area contributed by atoms with E-state index in [1.807, 2.05) is 0 Å².